The number of rotatable bonds is 6. The van der Waals surface area contributed by atoms with Crippen LogP contribution >= 0.6 is 15.9 Å². The van der Waals surface area contributed by atoms with Crippen molar-refractivity contribution in [3.63, 3.8) is 0 Å². The maximum atomic E-state index is 12.6. The summed E-state index contributed by atoms with van der Waals surface area (Å²) in [5.41, 5.74) is 0.652. The van der Waals surface area contributed by atoms with Gasteiger partial charge in [-0.3, -0.25) is 9.59 Å². The number of nitrogens with zero attached hydrogens (tertiary/aromatic N) is 1. The zero-order valence-corrected chi connectivity index (χ0v) is 16.5. The first kappa shape index (κ1) is 19.4. The molecule has 0 bridgehead atoms. The average Bonchev–Trinajstić information content (AvgIpc) is 2.69. The highest BCUT2D eigenvalue weighted by molar-refractivity contribution is 9.10. The van der Waals surface area contributed by atoms with Gasteiger partial charge in [-0.1, -0.05) is 34.1 Å². The van der Waals surface area contributed by atoms with Crippen molar-refractivity contribution in [1.82, 2.24) is 4.90 Å². The predicted octanol–water partition coefficient (Wildman–Crippen LogP) is 4.08. The van der Waals surface area contributed by atoms with Gasteiger partial charge in [-0.05, 0) is 55.2 Å². The van der Waals surface area contributed by atoms with Crippen LogP contribution in [0.15, 0.2) is 59.1 Å². The van der Waals surface area contributed by atoms with Crippen LogP contribution in [-0.2, 0) is 4.79 Å². The molecular weight excluding hydrogens is 410 g/mol. The number of piperidine rings is 1. The summed E-state index contributed by atoms with van der Waals surface area (Å²) in [5, 5.41) is 9.62. The molecule has 142 valence electrons. The highest BCUT2D eigenvalue weighted by atomic mass is 79.9. The van der Waals surface area contributed by atoms with E-state index in [0.717, 1.165) is 4.47 Å². The number of aliphatic carboxylic acids is 1. The van der Waals surface area contributed by atoms with Crippen molar-refractivity contribution in [2.75, 3.05) is 19.7 Å². The van der Waals surface area contributed by atoms with E-state index in [2.05, 4.69) is 15.9 Å². The molecule has 5 nitrogen and oxygen atoms in total. The standard InChI is InChI=1S/C21H22BrNO4/c22-17-8-6-16(7-9-17)20(24)23-12-10-15(11-13-23)19(21(25)26)14-27-18-4-2-1-3-5-18/h1-9,15,19H,10-14H2,(H,25,26). The van der Waals surface area contributed by atoms with Gasteiger partial charge in [0.2, 0.25) is 0 Å². The number of carbonyl (C=O) groups is 2. The SMILES string of the molecule is O=C(O)C(COc1ccccc1)C1CCN(C(=O)c2ccc(Br)cc2)CC1. The van der Waals surface area contributed by atoms with Crippen LogP contribution in [0, 0.1) is 11.8 Å². The molecule has 1 N–H and O–H groups in total. The molecule has 1 aliphatic heterocycles. The van der Waals surface area contributed by atoms with Gasteiger partial charge >= 0.3 is 5.97 Å². The number of hydrogen-bond acceptors (Lipinski definition) is 3. The summed E-state index contributed by atoms with van der Waals surface area (Å²) >= 11 is 3.37. The molecule has 2 aromatic rings. The van der Waals surface area contributed by atoms with E-state index >= 15 is 0 Å². The fourth-order valence-corrected chi connectivity index (χ4v) is 3.66. The fourth-order valence-electron chi connectivity index (χ4n) is 3.39. The van der Waals surface area contributed by atoms with Gasteiger partial charge in [0, 0.05) is 23.1 Å². The first-order chi connectivity index (χ1) is 13.0. The van der Waals surface area contributed by atoms with Crippen molar-refractivity contribution in [2.24, 2.45) is 11.8 Å². The third kappa shape index (κ3) is 5.10. The predicted molar refractivity (Wildman–Crippen MR) is 106 cm³/mol. The Bertz CT molecular complexity index is 771. The first-order valence-electron chi connectivity index (χ1n) is 9.00. The summed E-state index contributed by atoms with van der Waals surface area (Å²) in [6.45, 7) is 1.27. The second-order valence-electron chi connectivity index (χ2n) is 6.71. The van der Waals surface area contributed by atoms with Gasteiger partial charge in [0.25, 0.3) is 5.91 Å². The molecule has 0 aromatic heterocycles. The van der Waals surface area contributed by atoms with E-state index < -0.39 is 11.9 Å². The summed E-state index contributed by atoms with van der Waals surface area (Å²) in [6.07, 6.45) is 1.33. The number of amides is 1. The highest BCUT2D eigenvalue weighted by Crippen LogP contribution is 2.27. The second-order valence-corrected chi connectivity index (χ2v) is 7.62. The molecule has 1 saturated heterocycles. The lowest BCUT2D eigenvalue weighted by molar-refractivity contribution is -0.145. The molecule has 27 heavy (non-hydrogen) atoms. The first-order valence-corrected chi connectivity index (χ1v) is 9.79. The minimum Gasteiger partial charge on any atom is -0.493 e. The minimum absolute atomic E-state index is 0.000167. The molecular formula is C21H22BrNO4. The molecule has 0 radical (unpaired) electrons. The van der Waals surface area contributed by atoms with Crippen molar-refractivity contribution >= 4 is 27.8 Å². The van der Waals surface area contributed by atoms with Crippen molar-refractivity contribution in [3.8, 4) is 5.75 Å². The number of benzene rings is 2. The third-order valence-corrected chi connectivity index (χ3v) is 5.51. The number of carboxylic acid groups (broad SMARTS) is 1. The molecule has 6 heteroatoms. The smallest absolute Gasteiger partial charge is 0.310 e. The van der Waals surface area contributed by atoms with E-state index in [1.54, 1.807) is 17.0 Å². The van der Waals surface area contributed by atoms with Gasteiger partial charge in [-0.2, -0.15) is 0 Å². The van der Waals surface area contributed by atoms with Crippen molar-refractivity contribution in [1.29, 1.82) is 0 Å². The maximum absolute atomic E-state index is 12.6. The summed E-state index contributed by atoms with van der Waals surface area (Å²) < 4.78 is 6.60. The maximum Gasteiger partial charge on any atom is 0.310 e. The molecule has 1 aliphatic rings. The molecule has 0 saturated carbocycles. The van der Waals surface area contributed by atoms with E-state index in [1.165, 1.54) is 0 Å². The van der Waals surface area contributed by atoms with E-state index in [0.29, 0.717) is 37.2 Å². The van der Waals surface area contributed by atoms with Gasteiger partial charge in [0.15, 0.2) is 0 Å². The molecule has 0 aliphatic carbocycles. The topological polar surface area (TPSA) is 66.8 Å². The largest absolute Gasteiger partial charge is 0.493 e. The van der Waals surface area contributed by atoms with Crippen LogP contribution in [0.25, 0.3) is 0 Å². The van der Waals surface area contributed by atoms with Crippen LogP contribution in [-0.4, -0.2) is 41.6 Å². The van der Waals surface area contributed by atoms with Crippen molar-refractivity contribution in [2.45, 2.75) is 12.8 Å². The number of carbonyl (C=O) groups excluding carboxylic acids is 1. The zero-order chi connectivity index (χ0) is 19.2. The van der Waals surface area contributed by atoms with Crippen LogP contribution in [0.1, 0.15) is 23.2 Å². The van der Waals surface area contributed by atoms with Gasteiger partial charge in [-0.25, -0.2) is 0 Å². The minimum atomic E-state index is -0.844. The van der Waals surface area contributed by atoms with Crippen molar-refractivity contribution in [3.05, 3.63) is 64.6 Å². The Labute approximate surface area is 167 Å². The lowest BCUT2D eigenvalue weighted by Gasteiger charge is -2.34. The Balaban J connectivity index is 1.56. The van der Waals surface area contributed by atoms with E-state index in [-0.39, 0.29) is 18.4 Å². The summed E-state index contributed by atoms with van der Waals surface area (Å²) in [4.78, 5) is 26.1. The number of ether oxygens (including phenoxy) is 1. The van der Waals surface area contributed by atoms with Gasteiger partial charge in [0.05, 0.1) is 5.92 Å². The molecule has 1 heterocycles. The summed E-state index contributed by atoms with van der Waals surface area (Å²) in [6, 6.07) is 16.5. The van der Waals surface area contributed by atoms with Crippen LogP contribution in [0.4, 0.5) is 0 Å². The van der Waals surface area contributed by atoms with Crippen LogP contribution < -0.4 is 4.74 Å². The quantitative estimate of drug-likeness (QED) is 0.747. The number of halogens is 1. The Morgan fingerprint density at radius 2 is 1.70 bits per heavy atom. The molecule has 0 spiro atoms. The van der Waals surface area contributed by atoms with Gasteiger partial charge < -0.3 is 14.7 Å². The zero-order valence-electron chi connectivity index (χ0n) is 14.9. The third-order valence-electron chi connectivity index (χ3n) is 4.98. The van der Waals surface area contributed by atoms with Gasteiger partial charge in [0.1, 0.15) is 12.4 Å². The normalized spacial score (nSPS) is 16.0. The van der Waals surface area contributed by atoms with E-state index in [1.807, 2.05) is 42.5 Å². The van der Waals surface area contributed by atoms with Crippen LogP contribution in [0.2, 0.25) is 0 Å². The van der Waals surface area contributed by atoms with Gasteiger partial charge in [-0.15, -0.1) is 0 Å². The van der Waals surface area contributed by atoms with E-state index in [4.69, 9.17) is 4.74 Å². The Morgan fingerprint density at radius 3 is 2.30 bits per heavy atom. The highest BCUT2D eigenvalue weighted by Gasteiger charge is 2.33. The molecule has 1 unspecified atom stereocenters. The summed E-state index contributed by atoms with van der Waals surface area (Å²) in [7, 11) is 0. The molecule has 3 rings (SSSR count). The fraction of sp³-hybridized carbons (Fsp3) is 0.333. The Hall–Kier alpha value is -2.34. The molecule has 2 aromatic carbocycles. The lowest BCUT2D eigenvalue weighted by atomic mass is 9.84. The summed E-state index contributed by atoms with van der Waals surface area (Å²) in [5.74, 6) is -0.751. The molecule has 1 amide bonds. The Morgan fingerprint density at radius 1 is 1.07 bits per heavy atom. The molecule has 1 atom stereocenters. The number of likely N-dealkylation sites (tertiary alicyclic amines) is 1. The van der Waals surface area contributed by atoms with Crippen LogP contribution in [0.3, 0.4) is 0 Å². The Kier molecular flexibility index (Phi) is 6.50. The van der Waals surface area contributed by atoms with Crippen molar-refractivity contribution < 1.29 is 19.4 Å². The average molecular weight is 432 g/mol. The second kappa shape index (κ2) is 9.04. The number of carboxylic acids is 1. The van der Waals surface area contributed by atoms with E-state index in [9.17, 15) is 14.7 Å². The molecule has 1 fully saturated rings. The lowest BCUT2D eigenvalue weighted by Crippen LogP contribution is -2.42. The van der Waals surface area contributed by atoms with Crippen LogP contribution in [0.5, 0.6) is 5.75 Å². The monoisotopic (exact) mass is 431 g/mol. The number of hydrogen-bond donors (Lipinski definition) is 1. The number of para-hydroxylation sites is 1.